The molecular weight excluding hydrogens is 456 g/mol. The quantitative estimate of drug-likeness (QED) is 0.463. The Kier molecular flexibility index (Phi) is 6.59. The number of nitrogens with zero attached hydrogens (tertiary/aromatic N) is 3. The first-order valence-corrected chi connectivity index (χ1v) is 10.9. The lowest BCUT2D eigenvalue weighted by Crippen LogP contribution is -2.32. The molecule has 1 unspecified atom stereocenters. The summed E-state index contributed by atoms with van der Waals surface area (Å²) in [5.74, 6) is -1.75. The van der Waals surface area contributed by atoms with Crippen molar-refractivity contribution in [1.82, 2.24) is 10.2 Å². The Labute approximate surface area is 200 Å². The number of benzene rings is 2. The Morgan fingerprint density at radius 1 is 1.00 bits per heavy atom. The fraction of sp³-hybridized carbons (Fsp3) is 0.231. The number of hydrogen-bond acceptors (Lipinski definition) is 6. The molecule has 0 saturated carbocycles. The summed E-state index contributed by atoms with van der Waals surface area (Å²) in [6, 6.07) is 14.6. The molecule has 1 atom stereocenters. The first-order chi connectivity index (χ1) is 16.7. The van der Waals surface area contributed by atoms with Crippen molar-refractivity contribution in [3.8, 4) is 5.75 Å². The predicted octanol–water partition coefficient (Wildman–Crippen LogP) is 5.29. The molecule has 180 valence electrons. The van der Waals surface area contributed by atoms with Crippen molar-refractivity contribution in [2.75, 3.05) is 4.90 Å². The number of carbonyl (C=O) groups excluding carboxylic acids is 2. The highest BCUT2D eigenvalue weighted by molar-refractivity contribution is 6.20. The minimum atomic E-state index is -3.00. The maximum atomic E-state index is 13.6. The van der Waals surface area contributed by atoms with Gasteiger partial charge < -0.3 is 9.84 Å². The number of Topliss-reactive ketones (excluding diaryl/α,β-unsaturated/α-hetero) is 1. The fourth-order valence-electron chi connectivity index (χ4n) is 3.92. The van der Waals surface area contributed by atoms with Crippen LogP contribution in [0.2, 0.25) is 0 Å². The average Bonchev–Trinajstić information content (AvgIpc) is 3.10. The number of alkyl halides is 2. The molecule has 2 heterocycles. The molecule has 3 aromatic rings. The molecule has 7 nitrogen and oxygen atoms in total. The number of ether oxygens (including phenoxy) is 1. The van der Waals surface area contributed by atoms with E-state index >= 15 is 0 Å². The van der Waals surface area contributed by atoms with E-state index < -0.39 is 30.1 Å². The number of amides is 1. The molecular formula is C26H23F2N3O4. The zero-order chi connectivity index (χ0) is 25.3. The van der Waals surface area contributed by atoms with E-state index in [0.717, 1.165) is 5.56 Å². The SMILES string of the molecule is Cc1ccc(N2C(=O)C(O)=C(C(=O)c3ccc(C(C)C)cc3)C2c2ccc(OC(F)F)cc2)nn1. The summed E-state index contributed by atoms with van der Waals surface area (Å²) in [7, 11) is 0. The normalized spacial score (nSPS) is 15.9. The lowest BCUT2D eigenvalue weighted by molar-refractivity contribution is -0.117. The second-order valence-corrected chi connectivity index (χ2v) is 8.43. The van der Waals surface area contributed by atoms with Crippen LogP contribution in [0.3, 0.4) is 0 Å². The van der Waals surface area contributed by atoms with Crippen LogP contribution in [0.4, 0.5) is 14.6 Å². The average molecular weight is 479 g/mol. The second kappa shape index (κ2) is 9.61. The van der Waals surface area contributed by atoms with Crippen molar-refractivity contribution < 1.29 is 28.2 Å². The first-order valence-electron chi connectivity index (χ1n) is 10.9. The van der Waals surface area contributed by atoms with E-state index in [1.807, 2.05) is 26.0 Å². The van der Waals surface area contributed by atoms with Crippen LogP contribution < -0.4 is 9.64 Å². The lowest BCUT2D eigenvalue weighted by Gasteiger charge is -2.25. The Morgan fingerprint density at radius 2 is 1.66 bits per heavy atom. The van der Waals surface area contributed by atoms with Crippen molar-refractivity contribution >= 4 is 17.5 Å². The molecule has 35 heavy (non-hydrogen) atoms. The molecule has 1 N–H and O–H groups in total. The van der Waals surface area contributed by atoms with Crippen LogP contribution in [-0.4, -0.2) is 33.6 Å². The molecule has 0 aliphatic carbocycles. The number of hydrogen-bond donors (Lipinski definition) is 1. The van der Waals surface area contributed by atoms with Gasteiger partial charge in [-0.05, 0) is 48.2 Å². The highest BCUT2D eigenvalue weighted by atomic mass is 19.3. The number of carbonyl (C=O) groups is 2. The maximum Gasteiger partial charge on any atom is 0.387 e. The Bertz CT molecular complexity index is 1270. The standard InChI is InChI=1S/C26H23F2N3O4/c1-14(2)16-5-7-18(8-6-16)23(32)21-22(17-9-11-19(12-10-17)35-26(27)28)31(25(34)24(21)33)20-13-4-15(3)29-30-20/h4-14,22,26,33H,1-3H3. The number of rotatable bonds is 7. The summed E-state index contributed by atoms with van der Waals surface area (Å²) in [5.41, 5.74) is 2.20. The molecule has 4 rings (SSSR count). The summed E-state index contributed by atoms with van der Waals surface area (Å²) in [4.78, 5) is 27.9. The number of anilines is 1. The Hall–Kier alpha value is -4.14. The van der Waals surface area contributed by atoms with Crippen LogP contribution in [-0.2, 0) is 4.79 Å². The number of aryl methyl sites for hydroxylation is 1. The Morgan fingerprint density at radius 3 is 2.20 bits per heavy atom. The van der Waals surface area contributed by atoms with Crippen molar-refractivity contribution in [2.24, 2.45) is 0 Å². The van der Waals surface area contributed by atoms with E-state index in [2.05, 4.69) is 14.9 Å². The zero-order valence-electron chi connectivity index (χ0n) is 19.3. The third-order valence-corrected chi connectivity index (χ3v) is 5.74. The van der Waals surface area contributed by atoms with Crippen LogP contribution in [0.1, 0.15) is 53.0 Å². The van der Waals surface area contributed by atoms with Gasteiger partial charge in [-0.15, -0.1) is 5.10 Å². The zero-order valence-corrected chi connectivity index (χ0v) is 19.3. The number of aliphatic hydroxyl groups is 1. The molecule has 0 radical (unpaired) electrons. The summed E-state index contributed by atoms with van der Waals surface area (Å²) < 4.78 is 29.6. The molecule has 0 fully saturated rings. The third kappa shape index (κ3) is 4.75. The van der Waals surface area contributed by atoms with Gasteiger partial charge in [-0.2, -0.15) is 13.9 Å². The minimum absolute atomic E-state index is 0.0832. The van der Waals surface area contributed by atoms with Crippen LogP contribution in [0.25, 0.3) is 0 Å². The molecule has 1 aromatic heterocycles. The minimum Gasteiger partial charge on any atom is -0.503 e. The highest BCUT2D eigenvalue weighted by Gasteiger charge is 2.45. The summed E-state index contributed by atoms with van der Waals surface area (Å²) in [6.07, 6.45) is 0. The highest BCUT2D eigenvalue weighted by Crippen LogP contribution is 2.41. The van der Waals surface area contributed by atoms with Gasteiger partial charge in [0.2, 0.25) is 0 Å². The first kappa shape index (κ1) is 24.0. The molecule has 1 aliphatic heterocycles. The lowest BCUT2D eigenvalue weighted by atomic mass is 9.91. The van der Waals surface area contributed by atoms with E-state index in [9.17, 15) is 23.5 Å². The number of aromatic nitrogens is 2. The molecule has 9 heteroatoms. The van der Waals surface area contributed by atoms with E-state index in [1.165, 1.54) is 29.2 Å². The van der Waals surface area contributed by atoms with Gasteiger partial charge in [0.25, 0.3) is 5.91 Å². The molecule has 0 bridgehead atoms. The van der Waals surface area contributed by atoms with Crippen molar-refractivity contribution in [3.63, 3.8) is 0 Å². The van der Waals surface area contributed by atoms with Gasteiger partial charge in [-0.25, -0.2) is 0 Å². The molecule has 0 spiro atoms. The third-order valence-electron chi connectivity index (χ3n) is 5.74. The van der Waals surface area contributed by atoms with Crippen LogP contribution in [0, 0.1) is 6.92 Å². The predicted molar refractivity (Wildman–Crippen MR) is 125 cm³/mol. The second-order valence-electron chi connectivity index (χ2n) is 8.43. The molecule has 1 amide bonds. The van der Waals surface area contributed by atoms with Gasteiger partial charge in [0, 0.05) is 5.56 Å². The van der Waals surface area contributed by atoms with Gasteiger partial charge in [0.05, 0.1) is 17.3 Å². The summed E-state index contributed by atoms with van der Waals surface area (Å²) >= 11 is 0. The fourth-order valence-corrected chi connectivity index (χ4v) is 3.92. The number of aliphatic hydroxyl groups excluding tert-OH is 1. The van der Waals surface area contributed by atoms with E-state index in [-0.39, 0.29) is 23.1 Å². The number of ketones is 1. The van der Waals surface area contributed by atoms with Crippen molar-refractivity contribution in [1.29, 1.82) is 0 Å². The maximum absolute atomic E-state index is 13.6. The van der Waals surface area contributed by atoms with E-state index in [4.69, 9.17) is 0 Å². The van der Waals surface area contributed by atoms with Gasteiger partial charge in [-0.1, -0.05) is 50.2 Å². The van der Waals surface area contributed by atoms with Crippen LogP contribution >= 0.6 is 0 Å². The van der Waals surface area contributed by atoms with Crippen molar-refractivity contribution in [3.05, 3.63) is 94.4 Å². The largest absolute Gasteiger partial charge is 0.503 e. The van der Waals surface area contributed by atoms with Gasteiger partial charge in [0.1, 0.15) is 5.75 Å². The van der Waals surface area contributed by atoms with E-state index in [0.29, 0.717) is 16.8 Å². The molecule has 2 aromatic carbocycles. The monoisotopic (exact) mass is 479 g/mol. The molecule has 1 aliphatic rings. The molecule has 0 saturated heterocycles. The van der Waals surface area contributed by atoms with Gasteiger partial charge in [-0.3, -0.25) is 14.5 Å². The van der Waals surface area contributed by atoms with Crippen LogP contribution in [0.5, 0.6) is 5.75 Å². The van der Waals surface area contributed by atoms with Gasteiger partial charge in [0.15, 0.2) is 17.4 Å². The summed E-state index contributed by atoms with van der Waals surface area (Å²) in [6.45, 7) is 2.79. The van der Waals surface area contributed by atoms with E-state index in [1.54, 1.807) is 31.2 Å². The summed E-state index contributed by atoms with van der Waals surface area (Å²) in [5, 5.41) is 18.9. The number of halogens is 2. The van der Waals surface area contributed by atoms with Crippen LogP contribution in [0.15, 0.2) is 72.0 Å². The Balaban J connectivity index is 1.80. The van der Waals surface area contributed by atoms with Gasteiger partial charge >= 0.3 is 6.61 Å². The smallest absolute Gasteiger partial charge is 0.387 e. The topological polar surface area (TPSA) is 92.6 Å². The van der Waals surface area contributed by atoms with Crippen molar-refractivity contribution in [2.45, 2.75) is 39.3 Å².